The molecule has 2 aliphatic rings. The van der Waals surface area contributed by atoms with Crippen LogP contribution in [0, 0.1) is 5.82 Å². The summed E-state index contributed by atoms with van der Waals surface area (Å²) in [6.45, 7) is 9.43. The molecule has 24 heavy (non-hydrogen) atoms. The predicted molar refractivity (Wildman–Crippen MR) is 93.1 cm³/mol. The maximum absolute atomic E-state index is 14.4. The van der Waals surface area contributed by atoms with Crippen molar-refractivity contribution in [2.45, 2.75) is 57.8 Å². The van der Waals surface area contributed by atoms with Crippen LogP contribution in [-0.4, -0.2) is 50.3 Å². The van der Waals surface area contributed by atoms with Gasteiger partial charge >= 0.3 is 7.12 Å². The molecule has 2 aliphatic heterocycles. The fourth-order valence-electron chi connectivity index (χ4n) is 2.91. The lowest BCUT2D eigenvalue weighted by Gasteiger charge is -2.32. The molecule has 0 aliphatic carbocycles. The molecule has 128 valence electrons. The molecule has 0 spiro atoms. The molecule has 0 aromatic heterocycles. The van der Waals surface area contributed by atoms with Gasteiger partial charge in [-0.05, 0) is 71.2 Å². The normalized spacial score (nSPS) is 24.3. The summed E-state index contributed by atoms with van der Waals surface area (Å²) < 4.78 is 32.2. The molecule has 2 fully saturated rings. The van der Waals surface area contributed by atoms with Crippen molar-refractivity contribution in [3.63, 3.8) is 0 Å². The maximum atomic E-state index is 14.4. The lowest BCUT2D eigenvalue weighted by Crippen LogP contribution is -2.41. The van der Waals surface area contributed by atoms with E-state index in [0.29, 0.717) is 5.46 Å². The van der Waals surface area contributed by atoms with E-state index in [2.05, 4.69) is 0 Å². The van der Waals surface area contributed by atoms with Gasteiger partial charge in [-0.15, -0.1) is 0 Å². The van der Waals surface area contributed by atoms with Crippen LogP contribution in [0.25, 0.3) is 0 Å². The van der Waals surface area contributed by atoms with Crippen LogP contribution < -0.4 is 10.2 Å². The van der Waals surface area contributed by atoms with Gasteiger partial charge in [0.2, 0.25) is 0 Å². The summed E-state index contributed by atoms with van der Waals surface area (Å²) in [7, 11) is 5.16. The third-order valence-corrected chi connectivity index (χ3v) is 5.25. The number of rotatable bonds is 3. The van der Waals surface area contributed by atoms with Crippen molar-refractivity contribution in [2.75, 3.05) is 13.1 Å². The monoisotopic (exact) mass is 331 g/mol. The van der Waals surface area contributed by atoms with Gasteiger partial charge in [0.1, 0.15) is 6.10 Å². The molecule has 0 saturated carbocycles. The first-order chi connectivity index (χ1) is 11.2. The van der Waals surface area contributed by atoms with Crippen LogP contribution in [0.4, 0.5) is 4.39 Å². The zero-order valence-electron chi connectivity index (χ0n) is 14.8. The molecule has 1 aromatic rings. The number of piperidine rings is 1. The summed E-state index contributed by atoms with van der Waals surface area (Å²) in [4.78, 5) is 1.76. The first-order valence-electron chi connectivity index (χ1n) is 8.49. The van der Waals surface area contributed by atoms with E-state index in [9.17, 15) is 4.39 Å². The van der Waals surface area contributed by atoms with Crippen molar-refractivity contribution in [3.05, 3.63) is 24.0 Å². The van der Waals surface area contributed by atoms with Crippen LogP contribution in [0.2, 0.25) is 0 Å². The molecule has 2 radical (unpaired) electrons. The fraction of sp³-hybridized carbons (Fsp3) is 0.647. The van der Waals surface area contributed by atoms with Crippen molar-refractivity contribution < 1.29 is 18.4 Å². The molecule has 0 atom stereocenters. The summed E-state index contributed by atoms with van der Waals surface area (Å²) in [6.07, 6.45) is 1.60. The summed E-state index contributed by atoms with van der Waals surface area (Å²) >= 11 is 0. The van der Waals surface area contributed by atoms with Crippen LogP contribution in [0.5, 0.6) is 5.75 Å². The van der Waals surface area contributed by atoms with Gasteiger partial charge in [0.15, 0.2) is 19.5 Å². The Bertz CT molecular complexity index is 587. The second-order valence-corrected chi connectivity index (χ2v) is 7.63. The van der Waals surface area contributed by atoms with Crippen molar-refractivity contribution in [2.24, 2.45) is 0 Å². The Hall–Kier alpha value is -1.04. The second-order valence-electron chi connectivity index (χ2n) is 7.63. The minimum Gasteiger partial charge on any atom is -0.487 e. The van der Waals surface area contributed by atoms with E-state index in [0.717, 1.165) is 25.9 Å². The molecular weight excluding hydrogens is 307 g/mol. The molecule has 0 bridgehead atoms. The molecule has 1 aromatic carbocycles. The van der Waals surface area contributed by atoms with Gasteiger partial charge in [-0.2, -0.15) is 0 Å². The van der Waals surface area contributed by atoms with Crippen LogP contribution in [0.3, 0.4) is 0 Å². The van der Waals surface area contributed by atoms with Crippen LogP contribution in [0.1, 0.15) is 40.5 Å². The van der Waals surface area contributed by atoms with E-state index in [1.54, 1.807) is 16.9 Å². The third kappa shape index (κ3) is 3.48. The first kappa shape index (κ1) is 17.8. The Labute approximate surface area is 145 Å². The Kier molecular flexibility index (Phi) is 4.71. The quantitative estimate of drug-likeness (QED) is 0.794. The van der Waals surface area contributed by atoms with E-state index in [4.69, 9.17) is 22.0 Å². The molecule has 3 rings (SSSR count). The minimum absolute atomic E-state index is 0.00185. The van der Waals surface area contributed by atoms with E-state index < -0.39 is 24.1 Å². The number of hydrogen-bond donors (Lipinski definition) is 0. The summed E-state index contributed by atoms with van der Waals surface area (Å²) in [5.74, 6) is -0.122. The van der Waals surface area contributed by atoms with Crippen LogP contribution >= 0.6 is 0 Å². The van der Waals surface area contributed by atoms with Gasteiger partial charge < -0.3 is 18.9 Å². The Balaban J connectivity index is 1.69. The number of ether oxygens (including phenoxy) is 1. The van der Waals surface area contributed by atoms with Crippen molar-refractivity contribution >= 4 is 20.6 Å². The molecule has 0 amide bonds. The molecular formula is C17H24B2FNO3. The highest BCUT2D eigenvalue weighted by Gasteiger charge is 2.51. The molecule has 0 N–H and O–H groups in total. The molecule has 7 heteroatoms. The largest absolute Gasteiger partial charge is 0.494 e. The van der Waals surface area contributed by atoms with Crippen LogP contribution in [0.15, 0.2) is 18.2 Å². The molecule has 2 heterocycles. The average Bonchev–Trinajstić information content (AvgIpc) is 2.72. The summed E-state index contributed by atoms with van der Waals surface area (Å²) in [6, 6.07) is 4.90. The SMILES string of the molecule is [B]N1CCC(Oc2ccc(B3OC(C)(C)C(C)(C)O3)cc2F)CC1. The van der Waals surface area contributed by atoms with Gasteiger partial charge in [-0.3, -0.25) is 0 Å². The van der Waals surface area contributed by atoms with Crippen molar-refractivity contribution in [1.82, 2.24) is 4.81 Å². The highest BCUT2D eigenvalue weighted by Crippen LogP contribution is 2.36. The highest BCUT2D eigenvalue weighted by molar-refractivity contribution is 6.62. The van der Waals surface area contributed by atoms with Gasteiger partial charge in [-0.1, -0.05) is 6.07 Å². The average molecular weight is 331 g/mol. The summed E-state index contributed by atoms with van der Waals surface area (Å²) in [5.41, 5.74) is -0.228. The Morgan fingerprint density at radius 3 is 2.29 bits per heavy atom. The third-order valence-electron chi connectivity index (χ3n) is 5.25. The van der Waals surface area contributed by atoms with Crippen molar-refractivity contribution in [1.29, 1.82) is 0 Å². The minimum atomic E-state index is -0.570. The highest BCUT2D eigenvalue weighted by atomic mass is 19.1. The zero-order chi connectivity index (χ0) is 17.5. The number of halogens is 1. The lowest BCUT2D eigenvalue weighted by atomic mass is 9.79. The standard InChI is InChI=1S/C17H24B2FNO3/c1-16(2)17(3,4)24-19(23-16)12-5-6-15(14(20)11-12)22-13-7-9-21(18)10-8-13/h5-6,11,13H,7-10H2,1-4H3. The van der Waals surface area contributed by atoms with E-state index in [1.165, 1.54) is 6.07 Å². The lowest BCUT2D eigenvalue weighted by molar-refractivity contribution is 0.00578. The topological polar surface area (TPSA) is 30.9 Å². The van der Waals surface area contributed by atoms with E-state index in [1.807, 2.05) is 27.7 Å². The number of nitrogens with zero attached hydrogens (tertiary/aromatic N) is 1. The summed E-state index contributed by atoms with van der Waals surface area (Å²) in [5, 5.41) is 0. The second kappa shape index (κ2) is 6.36. The smallest absolute Gasteiger partial charge is 0.487 e. The van der Waals surface area contributed by atoms with Gasteiger partial charge in [0.25, 0.3) is 0 Å². The zero-order valence-corrected chi connectivity index (χ0v) is 14.8. The van der Waals surface area contributed by atoms with Crippen molar-refractivity contribution in [3.8, 4) is 5.75 Å². The Morgan fingerprint density at radius 1 is 1.17 bits per heavy atom. The fourth-order valence-corrected chi connectivity index (χ4v) is 2.91. The van der Waals surface area contributed by atoms with Gasteiger partial charge in [0.05, 0.1) is 11.2 Å². The molecule has 0 unspecified atom stereocenters. The van der Waals surface area contributed by atoms with Crippen LogP contribution in [-0.2, 0) is 9.31 Å². The maximum Gasteiger partial charge on any atom is 0.494 e. The van der Waals surface area contributed by atoms with Gasteiger partial charge in [-0.25, -0.2) is 4.39 Å². The van der Waals surface area contributed by atoms with Gasteiger partial charge in [0, 0.05) is 0 Å². The van der Waals surface area contributed by atoms with E-state index >= 15 is 0 Å². The van der Waals surface area contributed by atoms with E-state index in [-0.39, 0.29) is 11.9 Å². The molecule has 2 saturated heterocycles. The first-order valence-corrected chi connectivity index (χ1v) is 8.49. The predicted octanol–water partition coefficient (Wildman–Crippen LogP) is 2.05. The Morgan fingerprint density at radius 2 is 1.75 bits per heavy atom. The number of hydrogen-bond acceptors (Lipinski definition) is 4. The molecule has 4 nitrogen and oxygen atoms in total. The number of benzene rings is 1.